The summed E-state index contributed by atoms with van der Waals surface area (Å²) in [5.74, 6) is 0.409. The molecule has 2 aromatic carbocycles. The number of benzene rings is 2. The van der Waals surface area contributed by atoms with Crippen molar-refractivity contribution in [3.63, 3.8) is 0 Å². The summed E-state index contributed by atoms with van der Waals surface area (Å²) in [6.07, 6.45) is 1.33. The number of nitrogens with zero attached hydrogens (tertiary/aromatic N) is 6. The highest BCUT2D eigenvalue weighted by atomic mass is 19.1. The zero-order chi connectivity index (χ0) is 25.7. The Morgan fingerprint density at radius 1 is 1.05 bits per heavy atom. The summed E-state index contributed by atoms with van der Waals surface area (Å²) in [4.78, 5) is 26.5. The molecule has 3 aliphatic heterocycles. The third-order valence-electron chi connectivity index (χ3n) is 6.93. The number of fused-ring (bicyclic) bond motifs is 3. The summed E-state index contributed by atoms with van der Waals surface area (Å²) < 4.78 is 13.6. The number of aromatic nitrogens is 1. The van der Waals surface area contributed by atoms with Crippen molar-refractivity contribution in [2.45, 2.75) is 32.1 Å². The van der Waals surface area contributed by atoms with Crippen LogP contribution >= 0.6 is 0 Å². The van der Waals surface area contributed by atoms with Crippen molar-refractivity contribution in [1.29, 1.82) is 0 Å². The molecule has 0 spiro atoms. The zero-order valence-corrected chi connectivity index (χ0v) is 21.0. The van der Waals surface area contributed by atoms with Gasteiger partial charge in [-0.05, 0) is 55.8 Å². The van der Waals surface area contributed by atoms with Crippen LogP contribution < -0.4 is 5.32 Å². The molecule has 0 aliphatic carbocycles. The first-order valence-electron chi connectivity index (χ1n) is 12.3. The number of nitrogens with one attached hydrogen (secondary N) is 1. The molecule has 1 aromatic heterocycles. The van der Waals surface area contributed by atoms with E-state index in [-0.39, 0.29) is 17.3 Å². The normalized spacial score (nSPS) is 21.9. The van der Waals surface area contributed by atoms with Crippen LogP contribution in [0.15, 0.2) is 83.0 Å². The highest BCUT2D eigenvalue weighted by Gasteiger charge is 2.54. The average molecular weight is 498 g/mol. The number of halogens is 1. The summed E-state index contributed by atoms with van der Waals surface area (Å²) in [5.41, 5.74) is 3.38. The molecule has 0 radical (unpaired) electrons. The number of aliphatic imine (C=N–C) groups is 1. The molecule has 2 atom stereocenters. The molecule has 9 heteroatoms. The van der Waals surface area contributed by atoms with E-state index in [0.717, 1.165) is 22.5 Å². The van der Waals surface area contributed by atoms with E-state index in [1.165, 1.54) is 12.1 Å². The van der Waals surface area contributed by atoms with Gasteiger partial charge in [0.05, 0.1) is 24.3 Å². The Morgan fingerprint density at radius 2 is 1.81 bits per heavy atom. The van der Waals surface area contributed by atoms with E-state index in [4.69, 9.17) is 10.1 Å². The van der Waals surface area contributed by atoms with Gasteiger partial charge in [0.2, 0.25) is 11.9 Å². The SMILES string of the molecule is CN1C(=O)C2C(=NN(Cc3ccc(-c4ccccn4)cc3)C2Nc2ccc(F)cc2)N2CC(C)(C)N=C12. The molecular formula is C28H28FN7O. The number of hydrogen-bond donors (Lipinski definition) is 1. The molecule has 3 aliphatic rings. The number of carbonyl (C=O) groups is 1. The minimum atomic E-state index is -0.532. The lowest BCUT2D eigenvalue weighted by molar-refractivity contribution is -0.130. The van der Waals surface area contributed by atoms with Gasteiger partial charge in [0.1, 0.15) is 23.7 Å². The van der Waals surface area contributed by atoms with Gasteiger partial charge in [0, 0.05) is 24.5 Å². The number of hydrazone groups is 1. The van der Waals surface area contributed by atoms with Gasteiger partial charge in [-0.1, -0.05) is 30.3 Å². The molecule has 37 heavy (non-hydrogen) atoms. The lowest BCUT2D eigenvalue weighted by Crippen LogP contribution is -2.60. The summed E-state index contributed by atoms with van der Waals surface area (Å²) in [7, 11) is 1.76. The Labute approximate surface area is 215 Å². The molecule has 2 unspecified atom stereocenters. The molecule has 1 fully saturated rings. The molecule has 8 nitrogen and oxygen atoms in total. The Balaban J connectivity index is 1.33. The lowest BCUT2D eigenvalue weighted by atomic mass is 9.99. The largest absolute Gasteiger partial charge is 0.363 e. The fourth-order valence-electron chi connectivity index (χ4n) is 5.12. The first-order valence-corrected chi connectivity index (χ1v) is 12.3. The van der Waals surface area contributed by atoms with Gasteiger partial charge < -0.3 is 5.32 Å². The average Bonchev–Trinajstić information content (AvgIpc) is 3.42. The van der Waals surface area contributed by atoms with Crippen LogP contribution in [-0.2, 0) is 11.3 Å². The van der Waals surface area contributed by atoms with Crippen molar-refractivity contribution in [2.75, 3.05) is 18.9 Å². The smallest absolute Gasteiger partial charge is 0.243 e. The quantitative estimate of drug-likeness (QED) is 0.577. The lowest BCUT2D eigenvalue weighted by Gasteiger charge is -2.37. The molecule has 1 N–H and O–H groups in total. The third-order valence-corrected chi connectivity index (χ3v) is 6.93. The third kappa shape index (κ3) is 4.20. The van der Waals surface area contributed by atoms with E-state index >= 15 is 0 Å². The first kappa shape index (κ1) is 23.1. The van der Waals surface area contributed by atoms with E-state index in [9.17, 15) is 9.18 Å². The Morgan fingerprint density at radius 3 is 2.51 bits per heavy atom. The zero-order valence-electron chi connectivity index (χ0n) is 21.0. The summed E-state index contributed by atoms with van der Waals surface area (Å²) in [6.45, 7) is 5.24. The Kier molecular flexibility index (Phi) is 5.43. The van der Waals surface area contributed by atoms with Crippen molar-refractivity contribution in [2.24, 2.45) is 16.0 Å². The predicted octanol–water partition coefficient (Wildman–Crippen LogP) is 3.99. The van der Waals surface area contributed by atoms with Gasteiger partial charge in [-0.3, -0.25) is 24.6 Å². The highest BCUT2D eigenvalue weighted by Crippen LogP contribution is 2.36. The van der Waals surface area contributed by atoms with Crippen LogP contribution in [0, 0.1) is 11.7 Å². The van der Waals surface area contributed by atoms with Crippen LogP contribution in [0.5, 0.6) is 0 Å². The van der Waals surface area contributed by atoms with Crippen molar-refractivity contribution in [3.8, 4) is 11.3 Å². The Hall–Kier alpha value is -4.27. The monoisotopic (exact) mass is 497 g/mol. The van der Waals surface area contributed by atoms with Crippen LogP contribution in [0.1, 0.15) is 19.4 Å². The molecule has 3 aromatic rings. The fraction of sp³-hybridized carbons (Fsp3) is 0.286. The number of rotatable bonds is 5. The van der Waals surface area contributed by atoms with E-state index in [1.54, 1.807) is 30.3 Å². The van der Waals surface area contributed by atoms with Crippen molar-refractivity contribution < 1.29 is 9.18 Å². The molecular weight excluding hydrogens is 469 g/mol. The van der Waals surface area contributed by atoms with Gasteiger partial charge in [0.15, 0.2) is 0 Å². The molecule has 1 amide bonds. The maximum atomic E-state index is 13.6. The van der Waals surface area contributed by atoms with Crippen LogP contribution in [0.25, 0.3) is 11.3 Å². The van der Waals surface area contributed by atoms with Gasteiger partial charge in [-0.15, -0.1) is 0 Å². The van der Waals surface area contributed by atoms with E-state index in [0.29, 0.717) is 24.9 Å². The van der Waals surface area contributed by atoms with Gasteiger partial charge in [-0.2, -0.15) is 5.10 Å². The second-order valence-corrected chi connectivity index (χ2v) is 10.2. The number of amides is 1. The van der Waals surface area contributed by atoms with Crippen LogP contribution in [0.2, 0.25) is 0 Å². The van der Waals surface area contributed by atoms with Crippen molar-refractivity contribution in [3.05, 3.63) is 84.3 Å². The minimum absolute atomic E-state index is 0.0703. The fourth-order valence-corrected chi connectivity index (χ4v) is 5.12. The van der Waals surface area contributed by atoms with Crippen molar-refractivity contribution >= 4 is 23.4 Å². The highest BCUT2D eigenvalue weighted by molar-refractivity contribution is 6.20. The summed E-state index contributed by atoms with van der Waals surface area (Å²) in [5, 5.41) is 10.3. The van der Waals surface area contributed by atoms with Crippen molar-refractivity contribution in [1.82, 2.24) is 19.8 Å². The van der Waals surface area contributed by atoms with Gasteiger partial charge in [-0.25, -0.2) is 9.38 Å². The van der Waals surface area contributed by atoms with E-state index < -0.39 is 12.1 Å². The second-order valence-electron chi connectivity index (χ2n) is 10.2. The Bertz CT molecular complexity index is 1390. The number of carbonyl (C=O) groups excluding carboxylic acids is 1. The molecule has 6 rings (SSSR count). The molecule has 1 saturated heterocycles. The van der Waals surface area contributed by atoms with Crippen LogP contribution in [0.3, 0.4) is 0 Å². The number of guanidine groups is 1. The maximum Gasteiger partial charge on any atom is 0.243 e. The minimum Gasteiger partial charge on any atom is -0.363 e. The molecule has 0 saturated carbocycles. The van der Waals surface area contributed by atoms with E-state index in [2.05, 4.69) is 41.2 Å². The standard InChI is InChI=1S/C28H28FN7O/c1-28(2)17-35-25-23(26(37)34(3)27(35)32-28)24(31-21-13-11-20(29)12-14-21)36(33-25)16-18-7-9-19(10-8-18)22-6-4-5-15-30-22/h4-15,23-24,31H,16-17H2,1-3H3. The predicted molar refractivity (Wildman–Crippen MR) is 141 cm³/mol. The number of pyridine rings is 1. The molecule has 188 valence electrons. The topological polar surface area (TPSA) is 76.4 Å². The van der Waals surface area contributed by atoms with Gasteiger partial charge >= 0.3 is 0 Å². The van der Waals surface area contributed by atoms with Gasteiger partial charge in [0.25, 0.3) is 0 Å². The molecule has 4 heterocycles. The van der Waals surface area contributed by atoms with Crippen LogP contribution in [-0.4, -0.2) is 62.8 Å². The number of anilines is 1. The second kappa shape index (κ2) is 8.69. The number of amidine groups is 1. The maximum absolute atomic E-state index is 13.6. The molecule has 0 bridgehead atoms. The summed E-state index contributed by atoms with van der Waals surface area (Å²) >= 11 is 0. The first-order chi connectivity index (χ1) is 17.8. The van der Waals surface area contributed by atoms with E-state index in [1.807, 2.05) is 35.3 Å². The summed E-state index contributed by atoms with van der Waals surface area (Å²) in [6, 6.07) is 20.2. The van der Waals surface area contributed by atoms with Crippen LogP contribution in [0.4, 0.5) is 10.1 Å². The number of hydrogen-bond acceptors (Lipinski definition) is 7.